The summed E-state index contributed by atoms with van der Waals surface area (Å²) in [7, 11) is 5.91. The van der Waals surface area contributed by atoms with E-state index < -0.39 is 5.54 Å². The van der Waals surface area contributed by atoms with Crippen molar-refractivity contribution in [2.24, 2.45) is 5.73 Å². The largest absolute Gasteiger partial charge is 0.344 e. The molecule has 1 aliphatic carbocycles. The molecule has 0 aromatic heterocycles. The van der Waals surface area contributed by atoms with Crippen LogP contribution in [0.3, 0.4) is 0 Å². The Labute approximate surface area is 86.0 Å². The van der Waals surface area contributed by atoms with Crippen molar-refractivity contribution in [3.05, 3.63) is 0 Å². The topological polar surface area (TPSA) is 49.6 Å². The van der Waals surface area contributed by atoms with E-state index in [9.17, 15) is 4.79 Å². The maximum absolute atomic E-state index is 11.7. The summed E-state index contributed by atoms with van der Waals surface area (Å²) in [6.07, 6.45) is 2.71. The zero-order valence-electron chi connectivity index (χ0n) is 9.42. The molecule has 0 aromatic carbocycles. The molecule has 2 N–H and O–H groups in total. The van der Waals surface area contributed by atoms with Gasteiger partial charge in [-0.15, -0.1) is 0 Å². The van der Waals surface area contributed by atoms with Crippen LogP contribution in [0.15, 0.2) is 0 Å². The van der Waals surface area contributed by atoms with Crippen LogP contribution >= 0.6 is 0 Å². The molecular weight excluding hydrogens is 178 g/mol. The number of likely N-dealkylation sites (N-methyl/N-ethyl adjacent to an activating group) is 1. The lowest BCUT2D eigenvalue weighted by Gasteiger charge is -2.21. The number of nitrogens with two attached hydrogens (primary N) is 1. The summed E-state index contributed by atoms with van der Waals surface area (Å²) in [6.45, 7) is 1.81. The van der Waals surface area contributed by atoms with Crippen molar-refractivity contribution in [3.63, 3.8) is 0 Å². The van der Waals surface area contributed by atoms with Crippen molar-refractivity contribution in [2.75, 3.05) is 34.2 Å². The highest BCUT2D eigenvalue weighted by molar-refractivity contribution is 5.88. The maximum atomic E-state index is 11.7. The molecule has 0 atom stereocenters. The summed E-state index contributed by atoms with van der Waals surface area (Å²) in [5.74, 6) is 0.108. The lowest BCUT2D eigenvalue weighted by atomic mass is 10.2. The van der Waals surface area contributed by atoms with Gasteiger partial charge in [-0.05, 0) is 39.9 Å². The highest BCUT2D eigenvalue weighted by Gasteiger charge is 2.47. The van der Waals surface area contributed by atoms with E-state index in [-0.39, 0.29) is 5.91 Å². The summed E-state index contributed by atoms with van der Waals surface area (Å²) in [4.78, 5) is 15.6. The molecule has 0 radical (unpaired) electrons. The molecule has 82 valence electrons. The van der Waals surface area contributed by atoms with Crippen molar-refractivity contribution >= 4 is 5.91 Å². The number of nitrogens with zero attached hydrogens (tertiary/aromatic N) is 2. The first-order chi connectivity index (χ1) is 6.46. The molecule has 0 heterocycles. The van der Waals surface area contributed by atoms with Gasteiger partial charge < -0.3 is 15.5 Å². The number of hydrogen-bond acceptors (Lipinski definition) is 3. The Kier molecular flexibility index (Phi) is 3.50. The van der Waals surface area contributed by atoms with Crippen LogP contribution < -0.4 is 5.73 Å². The van der Waals surface area contributed by atoms with Gasteiger partial charge in [0.25, 0.3) is 0 Å². The van der Waals surface area contributed by atoms with Crippen molar-refractivity contribution in [1.82, 2.24) is 9.80 Å². The Hall–Kier alpha value is -0.610. The Morgan fingerprint density at radius 3 is 2.29 bits per heavy atom. The molecule has 0 spiro atoms. The number of carbonyl (C=O) groups is 1. The second kappa shape index (κ2) is 4.28. The van der Waals surface area contributed by atoms with Crippen LogP contribution in [0, 0.1) is 0 Å². The van der Waals surface area contributed by atoms with Gasteiger partial charge >= 0.3 is 0 Å². The van der Waals surface area contributed by atoms with Gasteiger partial charge in [-0.3, -0.25) is 4.79 Å². The lowest BCUT2D eigenvalue weighted by molar-refractivity contribution is -0.132. The van der Waals surface area contributed by atoms with Crippen LogP contribution in [0.1, 0.15) is 19.3 Å². The standard InChI is InChI=1S/C10H21N3O/c1-12(2)7-4-8-13(3)9(14)10(11)5-6-10/h4-8,11H2,1-3H3. The fourth-order valence-electron chi connectivity index (χ4n) is 1.45. The second-order valence-corrected chi connectivity index (χ2v) is 4.54. The van der Waals surface area contributed by atoms with Gasteiger partial charge in [0.15, 0.2) is 0 Å². The minimum atomic E-state index is -0.507. The molecule has 4 heteroatoms. The van der Waals surface area contributed by atoms with E-state index in [2.05, 4.69) is 4.90 Å². The molecular formula is C10H21N3O. The van der Waals surface area contributed by atoms with E-state index >= 15 is 0 Å². The van der Waals surface area contributed by atoms with Gasteiger partial charge in [0, 0.05) is 13.6 Å². The van der Waals surface area contributed by atoms with Gasteiger partial charge in [0.05, 0.1) is 5.54 Å². The molecule has 1 rings (SSSR count). The third kappa shape index (κ3) is 2.96. The summed E-state index contributed by atoms with van der Waals surface area (Å²) >= 11 is 0. The Balaban J connectivity index is 2.21. The second-order valence-electron chi connectivity index (χ2n) is 4.54. The molecule has 4 nitrogen and oxygen atoms in total. The van der Waals surface area contributed by atoms with Gasteiger partial charge in [-0.1, -0.05) is 0 Å². The monoisotopic (exact) mass is 199 g/mol. The van der Waals surface area contributed by atoms with Crippen LogP contribution in [0.25, 0.3) is 0 Å². The molecule has 1 aliphatic rings. The number of carbonyl (C=O) groups excluding carboxylic acids is 1. The number of rotatable bonds is 5. The van der Waals surface area contributed by atoms with Crippen LogP contribution in [-0.2, 0) is 4.79 Å². The number of amides is 1. The molecule has 0 aliphatic heterocycles. The molecule has 14 heavy (non-hydrogen) atoms. The summed E-state index contributed by atoms with van der Waals surface area (Å²) in [6, 6.07) is 0. The predicted octanol–water partition coefficient (Wildman–Crippen LogP) is -0.112. The van der Waals surface area contributed by atoms with Crippen LogP contribution in [0.2, 0.25) is 0 Å². The van der Waals surface area contributed by atoms with Gasteiger partial charge in [0.2, 0.25) is 5.91 Å². The summed E-state index contributed by atoms with van der Waals surface area (Å²) in [5.41, 5.74) is 5.31. The Morgan fingerprint density at radius 2 is 1.86 bits per heavy atom. The first-order valence-corrected chi connectivity index (χ1v) is 5.15. The normalized spacial score (nSPS) is 18.4. The van der Waals surface area contributed by atoms with E-state index in [1.165, 1.54) is 0 Å². The van der Waals surface area contributed by atoms with E-state index in [0.717, 1.165) is 32.4 Å². The van der Waals surface area contributed by atoms with E-state index in [4.69, 9.17) is 5.73 Å². The van der Waals surface area contributed by atoms with E-state index in [0.29, 0.717) is 0 Å². The van der Waals surface area contributed by atoms with Gasteiger partial charge in [0.1, 0.15) is 0 Å². The highest BCUT2D eigenvalue weighted by Crippen LogP contribution is 2.33. The van der Waals surface area contributed by atoms with Crippen molar-refractivity contribution in [1.29, 1.82) is 0 Å². The summed E-state index contributed by atoms with van der Waals surface area (Å²) < 4.78 is 0. The van der Waals surface area contributed by atoms with Crippen LogP contribution in [-0.4, -0.2) is 55.5 Å². The zero-order valence-corrected chi connectivity index (χ0v) is 9.42. The lowest BCUT2D eigenvalue weighted by Crippen LogP contribution is -2.44. The van der Waals surface area contributed by atoms with Crippen LogP contribution in [0.4, 0.5) is 0 Å². The van der Waals surface area contributed by atoms with Gasteiger partial charge in [-0.25, -0.2) is 0 Å². The quantitative estimate of drug-likeness (QED) is 0.672. The Morgan fingerprint density at radius 1 is 1.29 bits per heavy atom. The minimum Gasteiger partial charge on any atom is -0.344 e. The minimum absolute atomic E-state index is 0.108. The average Bonchev–Trinajstić information content (AvgIpc) is 2.83. The maximum Gasteiger partial charge on any atom is 0.242 e. The van der Waals surface area contributed by atoms with E-state index in [1.54, 1.807) is 4.90 Å². The average molecular weight is 199 g/mol. The smallest absolute Gasteiger partial charge is 0.242 e. The van der Waals surface area contributed by atoms with Crippen molar-refractivity contribution < 1.29 is 4.79 Å². The zero-order chi connectivity index (χ0) is 10.8. The molecule has 1 fully saturated rings. The molecule has 1 amide bonds. The molecule has 0 unspecified atom stereocenters. The Bertz CT molecular complexity index is 211. The SMILES string of the molecule is CN(C)CCCN(C)C(=O)C1(N)CC1. The fraction of sp³-hybridized carbons (Fsp3) is 0.900. The number of hydrogen-bond donors (Lipinski definition) is 1. The molecule has 1 saturated carbocycles. The molecule has 0 aromatic rings. The van der Waals surface area contributed by atoms with Gasteiger partial charge in [-0.2, -0.15) is 0 Å². The van der Waals surface area contributed by atoms with Crippen molar-refractivity contribution in [3.8, 4) is 0 Å². The third-order valence-corrected chi connectivity index (χ3v) is 2.66. The highest BCUT2D eigenvalue weighted by atomic mass is 16.2. The van der Waals surface area contributed by atoms with Crippen molar-refractivity contribution in [2.45, 2.75) is 24.8 Å². The first kappa shape index (κ1) is 11.5. The third-order valence-electron chi connectivity index (χ3n) is 2.66. The first-order valence-electron chi connectivity index (χ1n) is 5.15. The predicted molar refractivity (Wildman–Crippen MR) is 57.0 cm³/mol. The fourth-order valence-corrected chi connectivity index (χ4v) is 1.45. The van der Waals surface area contributed by atoms with E-state index in [1.807, 2.05) is 21.1 Å². The molecule has 0 bridgehead atoms. The molecule has 0 saturated heterocycles. The summed E-state index contributed by atoms with van der Waals surface area (Å²) in [5, 5.41) is 0. The van der Waals surface area contributed by atoms with Crippen LogP contribution in [0.5, 0.6) is 0 Å².